The zero-order valence-electron chi connectivity index (χ0n) is 10.2. The minimum Gasteiger partial charge on any atom is -0.468 e. The lowest BCUT2D eigenvalue weighted by Gasteiger charge is -2.27. The molecule has 17 heavy (non-hydrogen) atoms. The van der Waals surface area contributed by atoms with Crippen molar-refractivity contribution in [2.24, 2.45) is 0 Å². The number of nitrogens with one attached hydrogen (secondary N) is 1. The number of hydrogen-bond donors (Lipinski definition) is 1. The summed E-state index contributed by atoms with van der Waals surface area (Å²) in [6, 6.07) is 0. The lowest BCUT2D eigenvalue weighted by atomic mass is 9.99. The summed E-state index contributed by atoms with van der Waals surface area (Å²) in [5.41, 5.74) is 1.08. The van der Waals surface area contributed by atoms with Crippen LogP contribution in [0.4, 0.5) is 0 Å². The average Bonchev–Trinajstić information content (AvgIpc) is 2.81. The highest BCUT2D eigenvalue weighted by Crippen LogP contribution is 2.23. The molecule has 1 atom stereocenters. The highest BCUT2D eigenvalue weighted by Gasteiger charge is 2.32. The number of nitrogens with zero attached hydrogens (tertiary/aromatic N) is 2. The van der Waals surface area contributed by atoms with Gasteiger partial charge in [0.2, 0.25) is 0 Å². The van der Waals surface area contributed by atoms with Gasteiger partial charge in [-0.15, -0.1) is 10.2 Å². The summed E-state index contributed by atoms with van der Waals surface area (Å²) in [6.45, 7) is 4.57. The zero-order valence-corrected chi connectivity index (χ0v) is 11.9. The molecule has 0 spiro atoms. The van der Waals surface area contributed by atoms with E-state index in [0.29, 0.717) is 6.42 Å². The van der Waals surface area contributed by atoms with Gasteiger partial charge in [0.1, 0.15) is 11.0 Å². The van der Waals surface area contributed by atoms with Crippen molar-refractivity contribution in [3.63, 3.8) is 0 Å². The Balaban J connectivity index is 2.46. The van der Waals surface area contributed by atoms with Gasteiger partial charge in [-0.05, 0) is 19.9 Å². The van der Waals surface area contributed by atoms with E-state index in [4.69, 9.17) is 4.74 Å². The first-order valence-corrected chi connectivity index (χ1v) is 7.21. The Morgan fingerprint density at radius 3 is 3.00 bits per heavy atom. The molecular weight excluding hydrogens is 258 g/mol. The number of aromatic nitrogens is 2. The van der Waals surface area contributed by atoms with Gasteiger partial charge >= 0.3 is 5.97 Å². The van der Waals surface area contributed by atoms with E-state index in [1.807, 2.05) is 13.8 Å². The molecule has 1 aromatic heterocycles. The van der Waals surface area contributed by atoms with Crippen LogP contribution in [-0.4, -0.2) is 41.1 Å². The molecular formula is C10H17N3O2S2. The number of ether oxygens (including phenoxy) is 1. The second kappa shape index (κ2) is 6.93. The van der Waals surface area contributed by atoms with Crippen molar-refractivity contribution in [1.82, 2.24) is 15.5 Å². The van der Waals surface area contributed by atoms with E-state index in [0.717, 1.165) is 16.6 Å². The Bertz CT molecular complexity index is 345. The maximum Gasteiger partial charge on any atom is 0.325 e. The Kier molecular flexibility index (Phi) is 5.87. The molecule has 0 aromatic carbocycles. The van der Waals surface area contributed by atoms with Gasteiger partial charge < -0.3 is 10.1 Å². The van der Waals surface area contributed by atoms with Gasteiger partial charge in [0.25, 0.3) is 0 Å². The summed E-state index contributed by atoms with van der Waals surface area (Å²) in [4.78, 5) is 11.7. The van der Waals surface area contributed by atoms with E-state index in [9.17, 15) is 4.79 Å². The summed E-state index contributed by atoms with van der Waals surface area (Å²) in [6.07, 6.45) is 0.692. The highest BCUT2D eigenvalue weighted by atomic mass is 32.2. The molecule has 1 N–H and O–H groups in total. The molecule has 7 heteroatoms. The fourth-order valence-corrected chi connectivity index (χ4v) is 3.17. The second-order valence-corrected chi connectivity index (χ2v) is 5.83. The summed E-state index contributed by atoms with van der Waals surface area (Å²) >= 11 is 3.11. The van der Waals surface area contributed by atoms with E-state index in [1.54, 1.807) is 17.3 Å². The third-order valence-corrected chi connectivity index (χ3v) is 4.23. The second-order valence-electron chi connectivity index (χ2n) is 3.66. The van der Waals surface area contributed by atoms with Crippen LogP contribution in [0.3, 0.4) is 0 Å². The van der Waals surface area contributed by atoms with Crippen LogP contribution in [0.1, 0.15) is 20.3 Å². The van der Waals surface area contributed by atoms with Crippen molar-refractivity contribution in [2.45, 2.75) is 30.1 Å². The van der Waals surface area contributed by atoms with Crippen molar-refractivity contribution < 1.29 is 9.53 Å². The molecule has 0 saturated heterocycles. The normalized spacial score (nSPS) is 14.3. The molecule has 1 unspecified atom stereocenters. The van der Waals surface area contributed by atoms with Crippen LogP contribution in [0.5, 0.6) is 0 Å². The van der Waals surface area contributed by atoms with E-state index >= 15 is 0 Å². The maximum atomic E-state index is 11.7. The molecule has 0 aliphatic rings. The van der Waals surface area contributed by atoms with Crippen molar-refractivity contribution in [1.29, 1.82) is 0 Å². The smallest absolute Gasteiger partial charge is 0.325 e. The molecule has 1 aromatic rings. The van der Waals surface area contributed by atoms with Crippen LogP contribution >= 0.6 is 23.1 Å². The first kappa shape index (κ1) is 14.4. The molecule has 96 valence electrons. The standard InChI is InChI=1S/C10H17N3O2S2/c1-4-11-10(2,8(14)15-3)5-6-16-9-13-12-7-17-9/h7,11H,4-6H2,1-3H3. The Labute approximate surface area is 109 Å². The molecule has 0 radical (unpaired) electrons. The van der Waals surface area contributed by atoms with E-state index in [-0.39, 0.29) is 5.97 Å². The number of hydrogen-bond acceptors (Lipinski definition) is 7. The van der Waals surface area contributed by atoms with Crippen molar-refractivity contribution in [3.05, 3.63) is 5.51 Å². The Hall–Kier alpha value is -0.660. The summed E-state index contributed by atoms with van der Waals surface area (Å²) < 4.78 is 5.74. The van der Waals surface area contributed by atoms with E-state index in [1.165, 1.54) is 18.4 Å². The van der Waals surface area contributed by atoms with Gasteiger partial charge in [-0.1, -0.05) is 30.0 Å². The molecule has 1 rings (SSSR count). The van der Waals surface area contributed by atoms with Crippen LogP contribution in [-0.2, 0) is 9.53 Å². The first-order valence-electron chi connectivity index (χ1n) is 5.35. The van der Waals surface area contributed by atoms with Gasteiger partial charge in [0.05, 0.1) is 7.11 Å². The predicted octanol–water partition coefficient (Wildman–Crippen LogP) is 1.56. The minimum absolute atomic E-state index is 0.225. The van der Waals surface area contributed by atoms with Gasteiger partial charge in [-0.2, -0.15) is 0 Å². The largest absolute Gasteiger partial charge is 0.468 e. The number of carbonyl (C=O) groups excluding carboxylic acids is 1. The molecule has 0 aliphatic carbocycles. The van der Waals surface area contributed by atoms with Crippen LogP contribution < -0.4 is 5.32 Å². The average molecular weight is 275 g/mol. The topological polar surface area (TPSA) is 64.1 Å². The van der Waals surface area contributed by atoms with Crippen molar-refractivity contribution in [3.8, 4) is 0 Å². The minimum atomic E-state index is -0.624. The van der Waals surface area contributed by atoms with E-state index in [2.05, 4.69) is 15.5 Å². The van der Waals surface area contributed by atoms with Gasteiger partial charge in [0.15, 0.2) is 4.34 Å². The van der Waals surface area contributed by atoms with Gasteiger partial charge in [0, 0.05) is 5.75 Å². The SMILES string of the molecule is CCNC(C)(CCSc1nncs1)C(=O)OC. The lowest BCUT2D eigenvalue weighted by molar-refractivity contribution is -0.147. The van der Waals surface area contributed by atoms with Crippen molar-refractivity contribution in [2.75, 3.05) is 19.4 Å². The Morgan fingerprint density at radius 1 is 1.71 bits per heavy atom. The fourth-order valence-electron chi connectivity index (χ4n) is 1.45. The molecule has 0 bridgehead atoms. The van der Waals surface area contributed by atoms with Crippen LogP contribution in [0.15, 0.2) is 9.85 Å². The van der Waals surface area contributed by atoms with E-state index < -0.39 is 5.54 Å². The van der Waals surface area contributed by atoms with Gasteiger partial charge in [-0.25, -0.2) is 0 Å². The number of thioether (sulfide) groups is 1. The third kappa shape index (κ3) is 4.25. The molecule has 0 fully saturated rings. The lowest BCUT2D eigenvalue weighted by Crippen LogP contribution is -2.50. The number of methoxy groups -OCH3 is 1. The first-order chi connectivity index (χ1) is 8.12. The third-order valence-electron chi connectivity index (χ3n) is 2.37. The summed E-state index contributed by atoms with van der Waals surface area (Å²) in [5.74, 6) is 0.575. The molecule has 1 heterocycles. The summed E-state index contributed by atoms with van der Waals surface area (Å²) in [7, 11) is 1.41. The molecule has 0 saturated carbocycles. The van der Waals surface area contributed by atoms with Crippen LogP contribution in [0.25, 0.3) is 0 Å². The predicted molar refractivity (Wildman–Crippen MR) is 69.3 cm³/mol. The number of likely N-dealkylation sites (N-methyl/N-ethyl adjacent to an activating group) is 1. The number of esters is 1. The fraction of sp³-hybridized carbons (Fsp3) is 0.700. The molecule has 0 amide bonds. The monoisotopic (exact) mass is 275 g/mol. The summed E-state index contributed by atoms with van der Waals surface area (Å²) in [5, 5.41) is 10.9. The highest BCUT2D eigenvalue weighted by molar-refractivity contribution is 8.00. The molecule has 5 nitrogen and oxygen atoms in total. The quantitative estimate of drug-likeness (QED) is 0.602. The number of carbonyl (C=O) groups is 1. The van der Waals surface area contributed by atoms with Gasteiger partial charge in [-0.3, -0.25) is 4.79 Å². The molecule has 0 aliphatic heterocycles. The van der Waals surface area contributed by atoms with Crippen LogP contribution in [0.2, 0.25) is 0 Å². The van der Waals surface area contributed by atoms with Crippen LogP contribution in [0, 0.1) is 0 Å². The Morgan fingerprint density at radius 2 is 2.47 bits per heavy atom. The van der Waals surface area contributed by atoms with Crippen molar-refractivity contribution >= 4 is 29.1 Å². The zero-order chi connectivity index (χ0) is 12.7. The maximum absolute atomic E-state index is 11.7. The number of rotatable bonds is 7.